The number of aliphatic carboxylic acids is 1. The van der Waals surface area contributed by atoms with Gasteiger partial charge in [0.05, 0.1) is 5.41 Å². The number of thiazole rings is 1. The van der Waals surface area contributed by atoms with Crippen LogP contribution >= 0.6 is 22.9 Å². The Labute approximate surface area is 198 Å². The predicted molar refractivity (Wildman–Crippen MR) is 120 cm³/mol. The summed E-state index contributed by atoms with van der Waals surface area (Å²) in [5, 5.41) is 29.9. The van der Waals surface area contributed by atoms with Gasteiger partial charge in [-0.25, -0.2) is 9.78 Å². The van der Waals surface area contributed by atoms with Crippen LogP contribution in [0.25, 0.3) is 22.0 Å². The molecule has 0 spiro atoms. The normalized spacial score (nSPS) is 12.1. The van der Waals surface area contributed by atoms with Crippen molar-refractivity contribution in [3.8, 4) is 28.0 Å². The summed E-state index contributed by atoms with van der Waals surface area (Å²) in [6.45, 7) is 5.84. The molecule has 0 amide bonds. The van der Waals surface area contributed by atoms with Gasteiger partial charge in [0.25, 0.3) is 0 Å². The summed E-state index contributed by atoms with van der Waals surface area (Å²) in [5.41, 5.74) is 1.19. The third-order valence-electron chi connectivity index (χ3n) is 4.62. The van der Waals surface area contributed by atoms with E-state index in [0.717, 1.165) is 15.9 Å². The summed E-state index contributed by atoms with van der Waals surface area (Å²) >= 11 is 7.57. The van der Waals surface area contributed by atoms with Crippen LogP contribution in [-0.4, -0.2) is 43.8 Å². The van der Waals surface area contributed by atoms with Gasteiger partial charge in [-0.3, -0.25) is 4.79 Å². The minimum Gasteiger partial charge on any atom is -0.481 e. The fraction of sp³-hybridized carbons (Fsp3) is 0.333. The third-order valence-corrected chi connectivity index (χ3v) is 5.92. The van der Waals surface area contributed by atoms with Gasteiger partial charge >= 0.3 is 12.1 Å². The number of rotatable bonds is 7. The number of carboxylic acids is 1. The second kappa shape index (κ2) is 9.56. The largest absolute Gasteiger partial charge is 0.510 e. The van der Waals surface area contributed by atoms with Crippen molar-refractivity contribution in [1.82, 2.24) is 20.0 Å². The zero-order chi connectivity index (χ0) is 24.3. The highest BCUT2D eigenvalue weighted by molar-refractivity contribution is 7.13. The molecule has 0 aliphatic rings. The van der Waals surface area contributed by atoms with Crippen molar-refractivity contribution in [1.29, 1.82) is 5.26 Å². The van der Waals surface area contributed by atoms with Gasteiger partial charge in [0, 0.05) is 16.0 Å². The molecule has 2 heterocycles. The lowest BCUT2D eigenvalue weighted by molar-refractivity contribution is -0.149. The molecule has 0 aliphatic carbocycles. The number of nitriles is 1. The summed E-state index contributed by atoms with van der Waals surface area (Å²) in [6.07, 6.45) is -2.10. The Balaban J connectivity index is 1.76. The van der Waals surface area contributed by atoms with Crippen LogP contribution in [0.2, 0.25) is 5.02 Å². The number of carboxylic acid groups (broad SMARTS) is 1. The number of hydrogen-bond acceptors (Lipinski definition) is 9. The monoisotopic (exact) mass is 489 g/mol. The number of carbonyl (C=O) groups excluding carboxylic acids is 1. The van der Waals surface area contributed by atoms with Gasteiger partial charge in [0.1, 0.15) is 23.4 Å². The van der Waals surface area contributed by atoms with Gasteiger partial charge in [0.2, 0.25) is 6.23 Å². The molecule has 1 atom stereocenters. The average molecular weight is 490 g/mol. The first-order valence-electron chi connectivity index (χ1n) is 9.68. The number of aromatic nitrogens is 4. The van der Waals surface area contributed by atoms with Crippen molar-refractivity contribution < 1.29 is 24.2 Å². The standard InChI is InChI=1S/C21H20ClN5O5S/c1-11-5-6-13(7-14(11)22)18-24-16(9-33-18)17-15(8-23)25-27(26-17)12(2)32-20(30)31-10-21(3,4)19(28)29/h5-7,9,12H,10H2,1-4H3,(H,28,29). The molecule has 2 aromatic heterocycles. The molecule has 0 fully saturated rings. The maximum atomic E-state index is 11.9. The van der Waals surface area contributed by atoms with Crippen LogP contribution in [-0.2, 0) is 14.3 Å². The van der Waals surface area contributed by atoms with E-state index in [0.29, 0.717) is 15.7 Å². The van der Waals surface area contributed by atoms with E-state index in [1.807, 2.05) is 31.2 Å². The number of benzene rings is 1. The second-order valence-corrected chi connectivity index (χ2v) is 9.04. The first-order chi connectivity index (χ1) is 15.5. The Morgan fingerprint density at radius 1 is 1.36 bits per heavy atom. The van der Waals surface area contributed by atoms with E-state index in [-0.39, 0.29) is 18.0 Å². The highest BCUT2D eigenvalue weighted by Crippen LogP contribution is 2.31. The molecule has 3 rings (SSSR count). The van der Waals surface area contributed by atoms with Gasteiger partial charge in [-0.2, -0.15) is 5.26 Å². The van der Waals surface area contributed by atoms with Crippen LogP contribution in [0.15, 0.2) is 23.6 Å². The fourth-order valence-corrected chi connectivity index (χ4v) is 3.48. The lowest BCUT2D eigenvalue weighted by atomic mass is 9.95. The lowest BCUT2D eigenvalue weighted by Crippen LogP contribution is -2.31. The number of nitrogens with zero attached hydrogens (tertiary/aromatic N) is 5. The lowest BCUT2D eigenvalue weighted by Gasteiger charge is -2.19. The third kappa shape index (κ3) is 5.47. The van der Waals surface area contributed by atoms with E-state index in [4.69, 9.17) is 26.2 Å². The molecule has 0 saturated heterocycles. The zero-order valence-electron chi connectivity index (χ0n) is 18.2. The maximum Gasteiger partial charge on any atom is 0.510 e. The smallest absolute Gasteiger partial charge is 0.481 e. The Kier molecular flexibility index (Phi) is 7.00. The molecule has 1 N–H and O–H groups in total. The first kappa shape index (κ1) is 24.2. The fourth-order valence-electron chi connectivity index (χ4n) is 2.49. The van der Waals surface area contributed by atoms with Crippen LogP contribution < -0.4 is 0 Å². The van der Waals surface area contributed by atoms with E-state index in [1.54, 1.807) is 5.38 Å². The number of hydrogen-bond donors (Lipinski definition) is 1. The summed E-state index contributed by atoms with van der Waals surface area (Å²) in [5.74, 6) is -1.11. The van der Waals surface area contributed by atoms with Crippen LogP contribution in [0, 0.1) is 23.7 Å². The number of halogens is 1. The van der Waals surface area contributed by atoms with E-state index in [2.05, 4.69) is 15.2 Å². The van der Waals surface area contributed by atoms with Crippen molar-refractivity contribution in [3.63, 3.8) is 0 Å². The van der Waals surface area contributed by atoms with Gasteiger partial charge in [-0.05, 0) is 39.3 Å². The predicted octanol–water partition coefficient (Wildman–Crippen LogP) is 4.68. The van der Waals surface area contributed by atoms with E-state index >= 15 is 0 Å². The van der Waals surface area contributed by atoms with Crippen molar-refractivity contribution in [3.05, 3.63) is 39.9 Å². The number of aryl methyl sites for hydroxylation is 1. The van der Waals surface area contributed by atoms with Crippen molar-refractivity contribution in [2.45, 2.75) is 33.9 Å². The molecular weight excluding hydrogens is 470 g/mol. The Hall–Kier alpha value is -3.49. The molecule has 3 aromatic rings. The molecule has 0 aliphatic heterocycles. The molecule has 1 unspecified atom stereocenters. The topological polar surface area (TPSA) is 140 Å². The van der Waals surface area contributed by atoms with Gasteiger partial charge in [-0.15, -0.1) is 26.3 Å². The summed E-state index contributed by atoms with van der Waals surface area (Å²) in [4.78, 5) is 28.7. The number of carbonyl (C=O) groups is 2. The van der Waals surface area contributed by atoms with Gasteiger partial charge < -0.3 is 14.6 Å². The molecule has 0 bridgehead atoms. The molecular formula is C21H20ClN5O5S. The molecule has 10 nitrogen and oxygen atoms in total. The minimum absolute atomic E-state index is 0.00427. The highest BCUT2D eigenvalue weighted by atomic mass is 35.5. The van der Waals surface area contributed by atoms with Crippen LogP contribution in [0.5, 0.6) is 0 Å². The van der Waals surface area contributed by atoms with Crippen LogP contribution in [0.4, 0.5) is 4.79 Å². The summed E-state index contributed by atoms with van der Waals surface area (Å²) in [6, 6.07) is 7.57. The molecule has 33 heavy (non-hydrogen) atoms. The van der Waals surface area contributed by atoms with Gasteiger partial charge in [-0.1, -0.05) is 23.7 Å². The van der Waals surface area contributed by atoms with Crippen molar-refractivity contribution in [2.24, 2.45) is 5.41 Å². The minimum atomic E-state index is -1.27. The first-order valence-corrected chi connectivity index (χ1v) is 10.9. The van der Waals surface area contributed by atoms with Crippen molar-refractivity contribution >= 4 is 35.1 Å². The Morgan fingerprint density at radius 2 is 2.09 bits per heavy atom. The quantitative estimate of drug-likeness (QED) is 0.468. The van der Waals surface area contributed by atoms with E-state index in [1.165, 1.54) is 32.1 Å². The van der Waals surface area contributed by atoms with E-state index in [9.17, 15) is 14.9 Å². The van der Waals surface area contributed by atoms with Crippen molar-refractivity contribution in [2.75, 3.05) is 6.61 Å². The Bertz CT molecular complexity index is 1250. The molecule has 0 saturated carbocycles. The SMILES string of the molecule is Cc1ccc(-c2nc(-c3nn(C(C)OC(=O)OCC(C)(C)C(=O)O)nc3C#N)cs2)cc1Cl. The second-order valence-electron chi connectivity index (χ2n) is 7.78. The maximum absolute atomic E-state index is 11.9. The van der Waals surface area contributed by atoms with Gasteiger partial charge in [0.15, 0.2) is 11.4 Å². The Morgan fingerprint density at radius 3 is 2.73 bits per heavy atom. The molecule has 172 valence electrons. The highest BCUT2D eigenvalue weighted by Gasteiger charge is 2.30. The van der Waals surface area contributed by atoms with Crippen LogP contribution in [0.1, 0.15) is 38.3 Å². The zero-order valence-corrected chi connectivity index (χ0v) is 19.8. The van der Waals surface area contributed by atoms with E-state index < -0.39 is 23.8 Å². The average Bonchev–Trinajstić information content (AvgIpc) is 3.41. The van der Waals surface area contributed by atoms with Crippen LogP contribution in [0.3, 0.4) is 0 Å². The molecule has 0 radical (unpaired) electrons. The summed E-state index contributed by atoms with van der Waals surface area (Å²) < 4.78 is 9.98. The molecule has 12 heteroatoms. The summed E-state index contributed by atoms with van der Waals surface area (Å²) in [7, 11) is 0. The number of ether oxygens (including phenoxy) is 2. The molecule has 1 aromatic carbocycles.